The number of sulfone groups is 1. The fourth-order valence-corrected chi connectivity index (χ4v) is 10.6. The van der Waals surface area contributed by atoms with E-state index in [0.717, 1.165) is 24.3 Å². The molecule has 1 aliphatic carbocycles. The fourth-order valence-electron chi connectivity index (χ4n) is 6.43. The van der Waals surface area contributed by atoms with Crippen LogP contribution in [0.2, 0.25) is 0 Å². The van der Waals surface area contributed by atoms with Crippen LogP contribution in [-0.4, -0.2) is 34.7 Å². The molecule has 0 spiro atoms. The Morgan fingerprint density at radius 1 is 1.10 bits per heavy atom. The number of halogens is 5. The minimum Gasteiger partial charge on any atom is -0.490 e. The molecule has 2 heterocycles. The van der Waals surface area contributed by atoms with Gasteiger partial charge in [-0.25, -0.2) is 30.3 Å². The van der Waals surface area contributed by atoms with Crippen molar-refractivity contribution in [3.8, 4) is 5.75 Å². The molecule has 39 heavy (non-hydrogen) atoms. The molecular weight excluding hydrogens is 565 g/mol. The molecule has 1 N–H and O–H groups in total. The predicted octanol–water partition coefficient (Wildman–Crippen LogP) is 5.10. The summed E-state index contributed by atoms with van der Waals surface area (Å²) in [6, 6.07) is 3.86. The molecule has 1 saturated heterocycles. The number of alkyl halides is 3. The SMILES string of the molecule is C/C=C/CC1C[C@@H]2[C@@H](CC[C@@]3(S(=O)(=O)c4ccc(C(F)(F)F)cc4)c4c(F)ccc(F)c4OC[C@@H]23)NS1(=O)=O. The van der Waals surface area contributed by atoms with E-state index in [1.54, 1.807) is 19.1 Å². The third kappa shape index (κ3) is 4.37. The zero-order valence-corrected chi connectivity index (χ0v) is 22.3. The molecule has 2 aromatic rings. The van der Waals surface area contributed by atoms with E-state index in [4.69, 9.17) is 4.74 Å². The average molecular weight is 592 g/mol. The lowest BCUT2D eigenvalue weighted by molar-refractivity contribution is -0.137. The van der Waals surface area contributed by atoms with Gasteiger partial charge >= 0.3 is 6.18 Å². The van der Waals surface area contributed by atoms with Crippen LogP contribution in [0.4, 0.5) is 22.0 Å². The molecule has 2 aromatic carbocycles. The molecule has 0 bridgehead atoms. The molecule has 13 heteroatoms. The highest BCUT2D eigenvalue weighted by atomic mass is 32.2. The molecule has 5 atom stereocenters. The highest BCUT2D eigenvalue weighted by Crippen LogP contribution is 2.59. The number of allylic oxidation sites excluding steroid dienone is 2. The largest absolute Gasteiger partial charge is 0.490 e. The lowest BCUT2D eigenvalue weighted by Gasteiger charge is -2.54. The van der Waals surface area contributed by atoms with Gasteiger partial charge < -0.3 is 4.74 Å². The quantitative estimate of drug-likeness (QED) is 0.395. The lowest BCUT2D eigenvalue weighted by atomic mass is 9.64. The normalized spacial score (nSPS) is 30.2. The van der Waals surface area contributed by atoms with Crippen molar-refractivity contribution in [2.75, 3.05) is 6.61 Å². The van der Waals surface area contributed by atoms with Gasteiger partial charge in [-0.2, -0.15) is 13.2 Å². The number of fused-ring (bicyclic) bond motifs is 5. The van der Waals surface area contributed by atoms with Gasteiger partial charge in [-0.15, -0.1) is 0 Å². The number of sulfonamides is 1. The molecule has 2 aliphatic heterocycles. The number of ether oxygens (including phenoxy) is 1. The van der Waals surface area contributed by atoms with Gasteiger partial charge in [0.05, 0.1) is 27.9 Å². The summed E-state index contributed by atoms with van der Waals surface area (Å²) in [6.07, 6.45) is -1.41. The monoisotopic (exact) mass is 591 g/mol. The first-order valence-electron chi connectivity index (χ1n) is 12.4. The van der Waals surface area contributed by atoms with Crippen LogP contribution in [0.15, 0.2) is 53.4 Å². The van der Waals surface area contributed by atoms with Crippen LogP contribution < -0.4 is 9.46 Å². The molecule has 3 aliphatic rings. The minimum atomic E-state index is -4.71. The van der Waals surface area contributed by atoms with Gasteiger partial charge in [0.25, 0.3) is 0 Å². The first-order chi connectivity index (χ1) is 18.2. The van der Waals surface area contributed by atoms with E-state index < -0.39 is 87.3 Å². The molecule has 212 valence electrons. The minimum absolute atomic E-state index is 0.00794. The molecule has 0 amide bonds. The summed E-state index contributed by atoms with van der Waals surface area (Å²) < 4.78 is 131. The third-order valence-corrected chi connectivity index (χ3v) is 12.7. The van der Waals surface area contributed by atoms with Crippen molar-refractivity contribution < 1.29 is 43.5 Å². The van der Waals surface area contributed by atoms with Gasteiger partial charge in [-0.05, 0) is 74.9 Å². The maximum Gasteiger partial charge on any atom is 0.416 e. The van der Waals surface area contributed by atoms with Gasteiger partial charge in [-0.3, -0.25) is 0 Å². The summed E-state index contributed by atoms with van der Waals surface area (Å²) in [6.45, 7) is 1.39. The Hall–Kier alpha value is -2.51. The second-order valence-electron chi connectivity index (χ2n) is 10.2. The van der Waals surface area contributed by atoms with Gasteiger partial charge in [0.2, 0.25) is 10.0 Å². The summed E-state index contributed by atoms with van der Waals surface area (Å²) in [5, 5.41) is -0.890. The van der Waals surface area contributed by atoms with Crippen molar-refractivity contribution in [2.45, 2.75) is 59.7 Å². The number of benzene rings is 2. The van der Waals surface area contributed by atoms with E-state index in [0.29, 0.717) is 12.1 Å². The van der Waals surface area contributed by atoms with Gasteiger partial charge in [0, 0.05) is 12.0 Å². The number of rotatable bonds is 4. The topological polar surface area (TPSA) is 89.5 Å². The van der Waals surface area contributed by atoms with E-state index in [1.165, 1.54) is 0 Å². The van der Waals surface area contributed by atoms with Crippen LogP contribution >= 0.6 is 0 Å². The van der Waals surface area contributed by atoms with E-state index in [1.807, 2.05) is 0 Å². The summed E-state index contributed by atoms with van der Waals surface area (Å²) in [7, 11) is -8.40. The first kappa shape index (κ1) is 28.0. The van der Waals surface area contributed by atoms with Crippen LogP contribution in [0, 0.1) is 23.5 Å². The highest BCUT2D eigenvalue weighted by Gasteiger charge is 2.64. The highest BCUT2D eigenvalue weighted by molar-refractivity contribution is 7.92. The van der Waals surface area contributed by atoms with Crippen molar-refractivity contribution in [1.29, 1.82) is 0 Å². The summed E-state index contributed by atoms with van der Waals surface area (Å²) >= 11 is 0. The van der Waals surface area contributed by atoms with Crippen LogP contribution in [0.5, 0.6) is 5.75 Å². The van der Waals surface area contributed by atoms with E-state index >= 15 is 4.39 Å². The second-order valence-corrected chi connectivity index (χ2v) is 14.4. The fraction of sp³-hybridized carbons (Fsp3) is 0.462. The zero-order chi connectivity index (χ0) is 28.4. The van der Waals surface area contributed by atoms with Crippen LogP contribution in [-0.2, 0) is 30.8 Å². The lowest BCUT2D eigenvalue weighted by Crippen LogP contribution is -2.63. The Bertz CT molecular complexity index is 1520. The van der Waals surface area contributed by atoms with Gasteiger partial charge in [0.15, 0.2) is 21.4 Å². The molecule has 1 unspecified atom stereocenters. The molecule has 5 rings (SSSR count). The molecule has 2 fully saturated rings. The summed E-state index contributed by atoms with van der Waals surface area (Å²) in [5.74, 6) is -4.18. The summed E-state index contributed by atoms with van der Waals surface area (Å²) in [4.78, 5) is -0.475. The molecule has 1 saturated carbocycles. The van der Waals surface area contributed by atoms with Crippen LogP contribution in [0.1, 0.15) is 43.7 Å². The smallest absolute Gasteiger partial charge is 0.416 e. The Balaban J connectivity index is 1.70. The van der Waals surface area contributed by atoms with Crippen molar-refractivity contribution in [3.05, 3.63) is 71.3 Å². The Labute approximate surface area is 223 Å². The first-order valence-corrected chi connectivity index (χ1v) is 15.4. The second kappa shape index (κ2) is 9.55. The Morgan fingerprint density at radius 2 is 1.77 bits per heavy atom. The molecule has 0 aromatic heterocycles. The predicted molar refractivity (Wildman–Crippen MR) is 132 cm³/mol. The average Bonchev–Trinajstić information content (AvgIpc) is 2.88. The maximum atomic E-state index is 15.5. The van der Waals surface area contributed by atoms with Crippen molar-refractivity contribution in [1.82, 2.24) is 4.72 Å². The standard InChI is InChI=1S/C26H26F5NO5S2/c1-2-3-4-17-13-18-19-14-37-24-21(28)10-9-20(27)23(24)25(19,12-11-22(18)32-39(17,35)36)38(33,34)16-7-5-15(6-8-16)26(29,30)31/h2-3,5-10,17-19,22,32H,4,11-14H2,1H3/b3-2+/t17?,18-,19-,22+,25-/m0/s1. The Morgan fingerprint density at radius 3 is 2.41 bits per heavy atom. The molecule has 0 radical (unpaired) electrons. The van der Waals surface area contributed by atoms with E-state index in [2.05, 4.69) is 4.72 Å². The molecule has 6 nitrogen and oxygen atoms in total. The van der Waals surface area contributed by atoms with E-state index in [9.17, 15) is 34.4 Å². The molecular formula is C26H26F5NO5S2. The Kier molecular flexibility index (Phi) is 6.86. The third-order valence-electron chi connectivity index (χ3n) is 8.24. The van der Waals surface area contributed by atoms with Crippen molar-refractivity contribution in [3.63, 3.8) is 0 Å². The van der Waals surface area contributed by atoms with Gasteiger partial charge in [-0.1, -0.05) is 12.2 Å². The van der Waals surface area contributed by atoms with Crippen molar-refractivity contribution >= 4 is 19.9 Å². The van der Waals surface area contributed by atoms with Crippen molar-refractivity contribution in [2.24, 2.45) is 11.8 Å². The number of hydrogen-bond donors (Lipinski definition) is 1. The van der Waals surface area contributed by atoms with E-state index in [-0.39, 0.29) is 32.3 Å². The summed E-state index contributed by atoms with van der Waals surface area (Å²) in [5.41, 5.74) is -1.56. The number of nitrogens with one attached hydrogen (secondary N) is 1. The van der Waals surface area contributed by atoms with Crippen LogP contribution in [0.3, 0.4) is 0 Å². The number of hydrogen-bond acceptors (Lipinski definition) is 5. The van der Waals surface area contributed by atoms with Gasteiger partial charge in [0.1, 0.15) is 10.6 Å². The maximum absolute atomic E-state index is 15.5. The zero-order valence-electron chi connectivity index (χ0n) is 20.7. The van der Waals surface area contributed by atoms with Crippen LogP contribution in [0.25, 0.3) is 0 Å².